The molecule has 6 nitrogen and oxygen atoms in total. The molecule has 0 radical (unpaired) electrons. The van der Waals surface area contributed by atoms with E-state index in [9.17, 15) is 9.59 Å². The van der Waals surface area contributed by atoms with Gasteiger partial charge < -0.3 is 9.47 Å². The Balaban J connectivity index is 2.75. The number of imidazole rings is 1. The number of carbonyl (C=O) groups excluding carboxylic acids is 2. The van der Waals surface area contributed by atoms with Gasteiger partial charge in [-0.2, -0.15) is 12.6 Å². The lowest BCUT2D eigenvalue weighted by atomic mass is 10.2. The lowest BCUT2D eigenvalue weighted by Crippen LogP contribution is -2.27. The summed E-state index contributed by atoms with van der Waals surface area (Å²) in [4.78, 5) is 26.9. The van der Waals surface area contributed by atoms with Gasteiger partial charge in [-0.05, 0) is 27.7 Å². The van der Waals surface area contributed by atoms with Crippen molar-refractivity contribution in [3.8, 4) is 0 Å². The summed E-state index contributed by atoms with van der Waals surface area (Å²) in [6.45, 7) is 7.08. The van der Waals surface area contributed by atoms with Crippen LogP contribution in [-0.2, 0) is 20.9 Å². The maximum Gasteiger partial charge on any atom is 0.420 e. The van der Waals surface area contributed by atoms with Crippen LogP contribution in [-0.4, -0.2) is 33.0 Å². The predicted octanol–water partition coefficient (Wildman–Crippen LogP) is 1.95. The summed E-state index contributed by atoms with van der Waals surface area (Å²) in [6.07, 6.45) is 0.845. The highest BCUT2D eigenvalue weighted by molar-refractivity contribution is 7.81. The molecule has 0 N–H and O–H groups in total. The van der Waals surface area contributed by atoms with E-state index in [0.717, 1.165) is 0 Å². The third-order valence-electron chi connectivity index (χ3n) is 2.20. The van der Waals surface area contributed by atoms with Crippen LogP contribution < -0.4 is 0 Å². The Kier molecular flexibility index (Phi) is 4.99. The van der Waals surface area contributed by atoms with Crippen molar-refractivity contribution in [3.63, 3.8) is 0 Å². The first kappa shape index (κ1) is 15.6. The number of nitrogens with zero attached hydrogens (tertiary/aromatic N) is 2. The largest absolute Gasteiger partial charge is 0.458 e. The van der Waals surface area contributed by atoms with Crippen molar-refractivity contribution in [2.45, 2.75) is 39.9 Å². The highest BCUT2D eigenvalue weighted by Gasteiger charge is 2.20. The molecule has 106 valence electrons. The molecule has 1 heterocycles. The molecule has 1 rings (SSSR count). The summed E-state index contributed by atoms with van der Waals surface area (Å²) in [7, 11) is 0. The van der Waals surface area contributed by atoms with Gasteiger partial charge in [0.15, 0.2) is 0 Å². The minimum Gasteiger partial charge on any atom is -0.458 e. The molecule has 0 aliphatic rings. The quantitative estimate of drug-likeness (QED) is 0.679. The summed E-state index contributed by atoms with van der Waals surface area (Å²) in [6, 6.07) is 0. The predicted molar refractivity (Wildman–Crippen MR) is 72.2 cm³/mol. The zero-order valence-corrected chi connectivity index (χ0v) is 12.4. The summed E-state index contributed by atoms with van der Waals surface area (Å²) in [5.74, 6) is -0.430. The molecule has 0 spiro atoms. The zero-order valence-electron chi connectivity index (χ0n) is 11.5. The number of ether oxygens (including phenoxy) is 2. The van der Waals surface area contributed by atoms with Crippen molar-refractivity contribution in [1.82, 2.24) is 9.55 Å². The van der Waals surface area contributed by atoms with E-state index in [2.05, 4.69) is 17.6 Å². The lowest BCUT2D eigenvalue weighted by molar-refractivity contribution is -0.141. The summed E-state index contributed by atoms with van der Waals surface area (Å²) in [5.41, 5.74) is 0.522. The Bertz CT molecular complexity index is 477. The maximum absolute atomic E-state index is 11.9. The fourth-order valence-corrected chi connectivity index (χ4v) is 1.37. The van der Waals surface area contributed by atoms with Crippen LogP contribution in [0.4, 0.5) is 4.79 Å². The highest BCUT2D eigenvalue weighted by Crippen LogP contribution is 2.13. The molecule has 0 aliphatic heterocycles. The van der Waals surface area contributed by atoms with E-state index in [1.807, 2.05) is 0 Å². The Morgan fingerprint density at radius 3 is 2.58 bits per heavy atom. The van der Waals surface area contributed by atoms with Gasteiger partial charge in [0.05, 0.1) is 17.1 Å². The zero-order chi connectivity index (χ0) is 14.6. The van der Waals surface area contributed by atoms with Gasteiger partial charge in [-0.15, -0.1) is 0 Å². The minimum atomic E-state index is -0.577. The second kappa shape index (κ2) is 6.10. The molecule has 0 amide bonds. The standard InChI is InChI=1S/C12H18N2O4S/c1-8-9(5-17-10(15)6-19)13-7-14(8)11(16)18-12(2,3)4/h7,19H,5-6H2,1-4H3. The molecule has 1 aromatic heterocycles. The van der Waals surface area contributed by atoms with Gasteiger partial charge in [0.1, 0.15) is 18.5 Å². The number of hydrogen-bond acceptors (Lipinski definition) is 6. The molecule has 0 bridgehead atoms. The van der Waals surface area contributed by atoms with Crippen molar-refractivity contribution in [1.29, 1.82) is 0 Å². The van der Waals surface area contributed by atoms with Crippen LogP contribution in [0, 0.1) is 6.92 Å². The van der Waals surface area contributed by atoms with Crippen LogP contribution in [0.3, 0.4) is 0 Å². The number of thiol groups is 1. The number of carbonyl (C=O) groups is 2. The molecule has 7 heteroatoms. The second-order valence-electron chi connectivity index (χ2n) is 4.95. The molecule has 19 heavy (non-hydrogen) atoms. The van der Waals surface area contributed by atoms with E-state index in [4.69, 9.17) is 9.47 Å². The molecule has 0 fully saturated rings. The van der Waals surface area contributed by atoms with Gasteiger partial charge in [0.2, 0.25) is 0 Å². The Labute approximate surface area is 117 Å². The molecule has 1 aromatic rings. The smallest absolute Gasteiger partial charge is 0.420 e. The van der Waals surface area contributed by atoms with Gasteiger partial charge in [-0.3, -0.25) is 4.79 Å². The summed E-state index contributed by atoms with van der Waals surface area (Å²) < 4.78 is 11.4. The van der Waals surface area contributed by atoms with Crippen molar-refractivity contribution in [2.75, 3.05) is 5.75 Å². The Hall–Kier alpha value is -1.50. The van der Waals surface area contributed by atoms with Gasteiger partial charge in [0.25, 0.3) is 0 Å². The number of rotatable bonds is 3. The van der Waals surface area contributed by atoms with Gasteiger partial charge in [0, 0.05) is 0 Å². The normalized spacial score (nSPS) is 11.2. The van der Waals surface area contributed by atoms with E-state index in [0.29, 0.717) is 11.4 Å². The van der Waals surface area contributed by atoms with Crippen LogP contribution in [0.5, 0.6) is 0 Å². The highest BCUT2D eigenvalue weighted by atomic mass is 32.1. The van der Waals surface area contributed by atoms with Crippen LogP contribution in [0.15, 0.2) is 6.33 Å². The fourth-order valence-electron chi connectivity index (χ4n) is 1.28. The lowest BCUT2D eigenvalue weighted by Gasteiger charge is -2.19. The van der Waals surface area contributed by atoms with Crippen molar-refractivity contribution in [2.24, 2.45) is 0 Å². The van der Waals surface area contributed by atoms with Crippen molar-refractivity contribution in [3.05, 3.63) is 17.7 Å². The topological polar surface area (TPSA) is 70.4 Å². The molecule has 0 saturated carbocycles. The van der Waals surface area contributed by atoms with Crippen LogP contribution in [0.25, 0.3) is 0 Å². The fraction of sp³-hybridized carbons (Fsp3) is 0.583. The molecule has 0 atom stereocenters. The molecular weight excluding hydrogens is 268 g/mol. The van der Waals surface area contributed by atoms with E-state index < -0.39 is 17.7 Å². The minimum absolute atomic E-state index is 0.00578. The first-order valence-corrected chi connectivity index (χ1v) is 6.40. The summed E-state index contributed by atoms with van der Waals surface area (Å²) >= 11 is 3.80. The van der Waals surface area contributed by atoms with Gasteiger partial charge >= 0.3 is 12.1 Å². The van der Waals surface area contributed by atoms with E-state index in [1.54, 1.807) is 27.7 Å². The average Bonchev–Trinajstić information content (AvgIpc) is 2.65. The number of esters is 1. The molecule has 0 aromatic carbocycles. The third-order valence-corrected chi connectivity index (χ3v) is 2.46. The average molecular weight is 286 g/mol. The van der Waals surface area contributed by atoms with Crippen LogP contribution in [0.2, 0.25) is 0 Å². The number of hydrogen-bond donors (Lipinski definition) is 1. The SMILES string of the molecule is Cc1c(COC(=O)CS)ncn1C(=O)OC(C)(C)C. The van der Waals surface area contributed by atoms with Crippen molar-refractivity contribution < 1.29 is 19.1 Å². The van der Waals surface area contributed by atoms with E-state index in [1.165, 1.54) is 10.9 Å². The van der Waals surface area contributed by atoms with Gasteiger partial charge in [-0.25, -0.2) is 14.3 Å². The van der Waals surface area contributed by atoms with E-state index >= 15 is 0 Å². The molecule has 0 aliphatic carbocycles. The summed E-state index contributed by atoms with van der Waals surface area (Å²) in [5, 5.41) is 0. The monoisotopic (exact) mass is 286 g/mol. The van der Waals surface area contributed by atoms with Crippen molar-refractivity contribution >= 4 is 24.7 Å². The first-order chi connectivity index (χ1) is 8.74. The molecular formula is C12H18N2O4S. The molecule has 0 saturated heterocycles. The van der Waals surface area contributed by atoms with Gasteiger partial charge in [-0.1, -0.05) is 0 Å². The van der Waals surface area contributed by atoms with E-state index in [-0.39, 0.29) is 12.4 Å². The molecule has 0 unspecified atom stereocenters. The Morgan fingerprint density at radius 2 is 2.05 bits per heavy atom. The van der Waals surface area contributed by atoms with Crippen LogP contribution >= 0.6 is 12.6 Å². The second-order valence-corrected chi connectivity index (χ2v) is 5.26. The third kappa shape index (κ3) is 4.59. The Morgan fingerprint density at radius 1 is 1.42 bits per heavy atom. The number of aromatic nitrogens is 2. The maximum atomic E-state index is 11.9. The van der Waals surface area contributed by atoms with Crippen LogP contribution in [0.1, 0.15) is 32.2 Å². The first-order valence-electron chi connectivity index (χ1n) is 5.77.